The molecule has 1 saturated heterocycles. The number of ether oxygens (including phenoxy) is 2. The number of rotatable bonds is 9. The second kappa shape index (κ2) is 11.6. The molecule has 1 aliphatic rings. The number of hydrazine groups is 1. The SMILES string of the molecule is CCCOC(=O)c1ccc(NC(=O)COC(=O)[C@H]2CC(=O)N(NC(=O)c3ccccc3)C2)cc1. The third kappa shape index (κ3) is 6.64. The Morgan fingerprint density at radius 1 is 0.971 bits per heavy atom. The maximum absolute atomic E-state index is 12.3. The third-order valence-electron chi connectivity index (χ3n) is 4.92. The predicted octanol–water partition coefficient (Wildman–Crippen LogP) is 1.93. The summed E-state index contributed by atoms with van der Waals surface area (Å²) in [6, 6.07) is 14.5. The van der Waals surface area contributed by atoms with Gasteiger partial charge in [0.15, 0.2) is 6.61 Å². The van der Waals surface area contributed by atoms with Gasteiger partial charge in [-0.25, -0.2) is 4.79 Å². The summed E-state index contributed by atoms with van der Waals surface area (Å²) < 4.78 is 10.1. The van der Waals surface area contributed by atoms with Crippen LogP contribution in [0.3, 0.4) is 0 Å². The lowest BCUT2D eigenvalue weighted by Gasteiger charge is -2.17. The number of hydrogen-bond acceptors (Lipinski definition) is 7. The molecule has 3 amide bonds. The van der Waals surface area contributed by atoms with Crippen molar-refractivity contribution in [2.75, 3.05) is 25.1 Å². The van der Waals surface area contributed by atoms with Crippen molar-refractivity contribution < 1.29 is 33.4 Å². The van der Waals surface area contributed by atoms with Gasteiger partial charge < -0.3 is 14.8 Å². The summed E-state index contributed by atoms with van der Waals surface area (Å²) in [6.45, 7) is 1.63. The van der Waals surface area contributed by atoms with Gasteiger partial charge in [-0.05, 0) is 42.8 Å². The summed E-state index contributed by atoms with van der Waals surface area (Å²) in [5.74, 6) is -3.43. The van der Waals surface area contributed by atoms with E-state index in [1.807, 2.05) is 6.92 Å². The number of carbonyl (C=O) groups is 5. The monoisotopic (exact) mass is 467 g/mol. The molecule has 2 aromatic carbocycles. The maximum atomic E-state index is 12.3. The molecule has 0 aromatic heterocycles. The zero-order valence-corrected chi connectivity index (χ0v) is 18.6. The Morgan fingerprint density at radius 3 is 2.35 bits per heavy atom. The predicted molar refractivity (Wildman–Crippen MR) is 120 cm³/mol. The number of carbonyl (C=O) groups excluding carboxylic acids is 5. The van der Waals surface area contributed by atoms with Crippen LogP contribution in [0.2, 0.25) is 0 Å². The second-order valence-electron chi connectivity index (χ2n) is 7.58. The Balaban J connectivity index is 1.43. The maximum Gasteiger partial charge on any atom is 0.338 e. The summed E-state index contributed by atoms with van der Waals surface area (Å²) >= 11 is 0. The standard InChI is InChI=1S/C24H25N3O7/c1-2-12-33-23(31)17-8-10-19(11-9-17)25-20(28)15-34-24(32)18-13-21(29)27(14-18)26-22(30)16-6-4-3-5-7-16/h3-11,18H,2,12-15H2,1H3,(H,25,28)(H,26,30)/t18-/m0/s1. The van der Waals surface area contributed by atoms with Crippen LogP contribution in [0, 0.1) is 5.92 Å². The molecular weight excluding hydrogens is 442 g/mol. The fraction of sp³-hybridized carbons (Fsp3) is 0.292. The van der Waals surface area contributed by atoms with Crippen LogP contribution in [0.25, 0.3) is 0 Å². The van der Waals surface area contributed by atoms with Gasteiger partial charge in [-0.1, -0.05) is 25.1 Å². The summed E-state index contributed by atoms with van der Waals surface area (Å²) in [4.78, 5) is 60.6. The van der Waals surface area contributed by atoms with E-state index >= 15 is 0 Å². The van der Waals surface area contributed by atoms with Crippen LogP contribution in [-0.4, -0.2) is 54.4 Å². The van der Waals surface area contributed by atoms with E-state index in [9.17, 15) is 24.0 Å². The molecule has 0 aliphatic carbocycles. The number of hydrogen-bond donors (Lipinski definition) is 2. The molecule has 1 atom stereocenters. The van der Waals surface area contributed by atoms with E-state index < -0.39 is 42.2 Å². The highest BCUT2D eigenvalue weighted by Crippen LogP contribution is 2.18. The van der Waals surface area contributed by atoms with E-state index in [4.69, 9.17) is 9.47 Å². The van der Waals surface area contributed by atoms with E-state index in [0.29, 0.717) is 29.8 Å². The highest BCUT2D eigenvalue weighted by atomic mass is 16.5. The molecule has 2 N–H and O–H groups in total. The van der Waals surface area contributed by atoms with Crippen molar-refractivity contribution in [3.05, 3.63) is 65.7 Å². The van der Waals surface area contributed by atoms with Gasteiger partial charge in [0.1, 0.15) is 0 Å². The molecule has 1 aliphatic heterocycles. The number of nitrogens with one attached hydrogen (secondary N) is 2. The summed E-state index contributed by atoms with van der Waals surface area (Å²) in [5.41, 5.74) is 3.62. The minimum atomic E-state index is -0.801. The fourth-order valence-electron chi connectivity index (χ4n) is 3.17. The quantitative estimate of drug-likeness (QED) is 0.539. The lowest BCUT2D eigenvalue weighted by atomic mass is 10.1. The first kappa shape index (κ1) is 24.4. The molecule has 0 saturated carbocycles. The number of nitrogens with zero attached hydrogens (tertiary/aromatic N) is 1. The van der Waals surface area contributed by atoms with Gasteiger partial charge in [0.25, 0.3) is 11.8 Å². The number of anilines is 1. The zero-order chi connectivity index (χ0) is 24.5. The molecular formula is C24H25N3O7. The van der Waals surface area contributed by atoms with Crippen LogP contribution in [-0.2, 0) is 23.9 Å². The molecule has 178 valence electrons. The zero-order valence-electron chi connectivity index (χ0n) is 18.6. The molecule has 0 spiro atoms. The van der Waals surface area contributed by atoms with Crippen LogP contribution in [0.4, 0.5) is 5.69 Å². The van der Waals surface area contributed by atoms with Crippen LogP contribution in [0.1, 0.15) is 40.5 Å². The average Bonchev–Trinajstić information content (AvgIpc) is 3.22. The minimum Gasteiger partial charge on any atom is -0.462 e. The highest BCUT2D eigenvalue weighted by Gasteiger charge is 2.36. The molecule has 3 rings (SSSR count). The van der Waals surface area contributed by atoms with E-state index in [-0.39, 0.29) is 13.0 Å². The normalized spacial score (nSPS) is 14.9. The first-order chi connectivity index (χ1) is 16.4. The van der Waals surface area contributed by atoms with Gasteiger partial charge >= 0.3 is 11.9 Å². The molecule has 10 nitrogen and oxygen atoms in total. The molecule has 34 heavy (non-hydrogen) atoms. The summed E-state index contributed by atoms with van der Waals surface area (Å²) in [7, 11) is 0. The Labute approximate surface area is 196 Å². The Morgan fingerprint density at radius 2 is 1.68 bits per heavy atom. The number of amides is 3. The molecule has 10 heteroatoms. The second-order valence-corrected chi connectivity index (χ2v) is 7.58. The van der Waals surface area contributed by atoms with Crippen molar-refractivity contribution in [3.63, 3.8) is 0 Å². The van der Waals surface area contributed by atoms with Gasteiger partial charge in [-0.2, -0.15) is 0 Å². The lowest BCUT2D eigenvalue weighted by molar-refractivity contribution is -0.151. The average molecular weight is 467 g/mol. The van der Waals surface area contributed by atoms with Crippen molar-refractivity contribution in [2.24, 2.45) is 5.92 Å². The van der Waals surface area contributed by atoms with Crippen LogP contribution >= 0.6 is 0 Å². The highest BCUT2D eigenvalue weighted by molar-refractivity contribution is 5.97. The molecule has 0 bridgehead atoms. The van der Waals surface area contributed by atoms with Crippen molar-refractivity contribution in [3.8, 4) is 0 Å². The molecule has 0 unspecified atom stereocenters. The minimum absolute atomic E-state index is 0.0482. The topological polar surface area (TPSA) is 131 Å². The number of esters is 2. The smallest absolute Gasteiger partial charge is 0.338 e. The Kier molecular flexibility index (Phi) is 8.33. The van der Waals surface area contributed by atoms with Gasteiger partial charge in [-0.15, -0.1) is 0 Å². The van der Waals surface area contributed by atoms with Gasteiger partial charge in [-0.3, -0.25) is 29.6 Å². The van der Waals surface area contributed by atoms with E-state index in [2.05, 4.69) is 10.7 Å². The fourth-order valence-corrected chi connectivity index (χ4v) is 3.17. The molecule has 0 radical (unpaired) electrons. The number of benzene rings is 2. The van der Waals surface area contributed by atoms with E-state index in [1.165, 1.54) is 24.3 Å². The summed E-state index contributed by atoms with van der Waals surface area (Å²) in [5, 5.41) is 3.63. The van der Waals surface area contributed by atoms with Crippen LogP contribution in [0.5, 0.6) is 0 Å². The van der Waals surface area contributed by atoms with Gasteiger partial charge in [0.05, 0.1) is 24.6 Å². The van der Waals surface area contributed by atoms with Gasteiger partial charge in [0.2, 0.25) is 5.91 Å². The van der Waals surface area contributed by atoms with Crippen LogP contribution in [0.15, 0.2) is 54.6 Å². The molecule has 1 heterocycles. The first-order valence-electron chi connectivity index (χ1n) is 10.8. The first-order valence-corrected chi connectivity index (χ1v) is 10.8. The summed E-state index contributed by atoms with van der Waals surface area (Å²) in [6.07, 6.45) is 0.582. The van der Waals surface area contributed by atoms with Crippen molar-refractivity contribution in [2.45, 2.75) is 19.8 Å². The third-order valence-corrected chi connectivity index (χ3v) is 4.92. The van der Waals surface area contributed by atoms with E-state index in [1.54, 1.807) is 30.3 Å². The Bertz CT molecular complexity index is 1050. The van der Waals surface area contributed by atoms with E-state index in [0.717, 1.165) is 5.01 Å². The van der Waals surface area contributed by atoms with Crippen molar-refractivity contribution in [1.82, 2.24) is 10.4 Å². The van der Waals surface area contributed by atoms with Crippen LogP contribution < -0.4 is 10.7 Å². The molecule has 1 fully saturated rings. The van der Waals surface area contributed by atoms with Gasteiger partial charge in [0, 0.05) is 17.7 Å². The Hall–Kier alpha value is -4.21. The lowest BCUT2D eigenvalue weighted by Crippen LogP contribution is -2.43. The largest absolute Gasteiger partial charge is 0.462 e. The molecule has 2 aromatic rings. The van der Waals surface area contributed by atoms with Crippen molar-refractivity contribution >= 4 is 35.3 Å². The van der Waals surface area contributed by atoms with Crippen molar-refractivity contribution in [1.29, 1.82) is 0 Å².